The number of anilines is 1. The molecule has 1 heterocycles. The van der Waals surface area contributed by atoms with Crippen molar-refractivity contribution in [3.63, 3.8) is 0 Å². The van der Waals surface area contributed by atoms with Gasteiger partial charge >= 0.3 is 5.97 Å². The van der Waals surface area contributed by atoms with E-state index in [2.05, 4.69) is 34.6 Å². The zero-order valence-electron chi connectivity index (χ0n) is 31.7. The molecule has 1 amide bonds. The second kappa shape index (κ2) is 17.3. The molecular weight excluding hydrogens is 720 g/mol. The average Bonchev–Trinajstić information content (AvgIpc) is 3.28. The van der Waals surface area contributed by atoms with Crippen LogP contribution in [0.1, 0.15) is 79.1 Å². The molecule has 7 atom stereocenters. The molecule has 0 radical (unpaired) electrons. The van der Waals surface area contributed by atoms with Crippen LogP contribution >= 0.6 is 11.6 Å². The van der Waals surface area contributed by atoms with Crippen LogP contribution in [0.25, 0.3) is 0 Å². The zero-order chi connectivity index (χ0) is 38.5. The summed E-state index contributed by atoms with van der Waals surface area (Å²) in [6.45, 7) is 13.5. The van der Waals surface area contributed by atoms with E-state index in [4.69, 9.17) is 25.8 Å². The summed E-state index contributed by atoms with van der Waals surface area (Å²) >= 11 is 6.46. The average molecular weight is 773 g/mol. The largest absolute Gasteiger partial charge is 0.490 e. The highest BCUT2D eigenvalue weighted by molar-refractivity contribution is 7.94. The van der Waals surface area contributed by atoms with Gasteiger partial charge in [-0.3, -0.25) is 9.59 Å². The molecule has 2 aliphatic carbocycles. The Hall–Kier alpha value is -3.92. The van der Waals surface area contributed by atoms with Crippen LogP contribution in [-0.4, -0.2) is 60.5 Å². The lowest BCUT2D eigenvalue weighted by Crippen LogP contribution is -2.49. The summed E-state index contributed by atoms with van der Waals surface area (Å²) in [5, 5.41) is 0.731. The van der Waals surface area contributed by atoms with E-state index >= 15 is 0 Å². The number of carbonyl (C=O) groups excluding carboxylic acids is 2. The number of halogens is 1. The van der Waals surface area contributed by atoms with Gasteiger partial charge in [-0.1, -0.05) is 67.1 Å². The van der Waals surface area contributed by atoms with Gasteiger partial charge in [-0.05, 0) is 110 Å². The van der Waals surface area contributed by atoms with Crippen molar-refractivity contribution in [1.29, 1.82) is 0 Å². The van der Waals surface area contributed by atoms with E-state index in [0.717, 1.165) is 54.9 Å². The number of allylic oxidation sites excluding steroid dienone is 1. The van der Waals surface area contributed by atoms with Crippen molar-refractivity contribution < 1.29 is 28.0 Å². The van der Waals surface area contributed by atoms with Crippen molar-refractivity contribution in [2.45, 2.75) is 70.0 Å². The number of aryl methyl sites for hydroxylation is 1. The van der Waals surface area contributed by atoms with Gasteiger partial charge in [-0.15, -0.1) is 13.2 Å². The molecule has 1 aliphatic heterocycles. The molecule has 8 nitrogen and oxygen atoms in total. The molecule has 0 aromatic heterocycles. The Kier molecular flexibility index (Phi) is 12.7. The molecule has 1 spiro atoms. The van der Waals surface area contributed by atoms with Crippen molar-refractivity contribution in [2.24, 2.45) is 22.1 Å². The molecule has 0 unspecified atom stereocenters. The Morgan fingerprint density at radius 2 is 1.91 bits per heavy atom. The Morgan fingerprint density at radius 1 is 1.11 bits per heavy atom. The molecule has 0 N–H and O–H groups in total. The third-order valence-corrected chi connectivity index (χ3v) is 13.9. The number of hydrogen-bond donors (Lipinski definition) is 0. The van der Waals surface area contributed by atoms with Crippen LogP contribution in [0.3, 0.4) is 0 Å². The maximum atomic E-state index is 14.5. The molecule has 1 saturated carbocycles. The van der Waals surface area contributed by atoms with Crippen molar-refractivity contribution in [3.8, 4) is 5.75 Å². The van der Waals surface area contributed by atoms with Crippen molar-refractivity contribution in [2.75, 3.05) is 43.2 Å². The fourth-order valence-electron chi connectivity index (χ4n) is 8.57. The second-order valence-corrected chi connectivity index (χ2v) is 18.2. The standard InChI is InChI=1S/C44H53ClN2O6S/c1-6-12-30(3)26-54(50,27-42(48)53-31(4)32-13-9-8-10-14-32)46-43(49)34-17-21-41-39(24-34)47(25-35-16-19-37(35)40(7-2)51-5)28-44(29-52-41)22-11-15-33-23-36(45)18-20-38(33)44/h6-10,13-14,17-18,20-21,23-24,30-31,35,37,40H,1-2,11-12,15-16,19,22,25-29H2,3-5H3/t30-,31-,35-,37+,40-,44-,54+/m0/s1. The quantitative estimate of drug-likeness (QED) is 0.119. The minimum atomic E-state index is -3.35. The number of esters is 1. The smallest absolute Gasteiger partial charge is 0.320 e. The summed E-state index contributed by atoms with van der Waals surface area (Å²) < 4.78 is 37.0. The highest BCUT2D eigenvalue weighted by Gasteiger charge is 2.44. The first-order chi connectivity index (χ1) is 26.0. The normalized spacial score (nSPS) is 23.1. The summed E-state index contributed by atoms with van der Waals surface area (Å²) in [6, 6.07) is 20.9. The predicted molar refractivity (Wildman–Crippen MR) is 217 cm³/mol. The van der Waals surface area contributed by atoms with Gasteiger partial charge in [0.2, 0.25) is 0 Å². The van der Waals surface area contributed by atoms with Gasteiger partial charge < -0.3 is 19.1 Å². The van der Waals surface area contributed by atoms with Crippen LogP contribution in [0.5, 0.6) is 5.75 Å². The van der Waals surface area contributed by atoms with Gasteiger partial charge in [0.25, 0.3) is 5.91 Å². The van der Waals surface area contributed by atoms with Gasteiger partial charge in [0.05, 0.1) is 28.1 Å². The van der Waals surface area contributed by atoms with Gasteiger partial charge in [0, 0.05) is 42.0 Å². The molecule has 3 aromatic carbocycles. The topological polar surface area (TPSA) is 94.5 Å². The molecule has 10 heteroatoms. The molecule has 0 bridgehead atoms. The number of rotatable bonds is 14. The highest BCUT2D eigenvalue weighted by Crippen LogP contribution is 2.47. The third-order valence-electron chi connectivity index (χ3n) is 11.4. The number of nitrogens with zero attached hydrogens (tertiary/aromatic N) is 2. The molecule has 54 heavy (non-hydrogen) atoms. The van der Waals surface area contributed by atoms with E-state index in [-0.39, 0.29) is 28.8 Å². The number of methoxy groups -OCH3 is 1. The summed E-state index contributed by atoms with van der Waals surface area (Å²) in [4.78, 5) is 29.7. The molecular formula is C44H53ClN2O6S. The molecule has 6 rings (SSSR count). The van der Waals surface area contributed by atoms with Gasteiger partial charge in [-0.2, -0.15) is 4.36 Å². The van der Waals surface area contributed by atoms with Gasteiger partial charge in [-0.25, -0.2) is 4.21 Å². The Labute approximate surface area is 326 Å². The summed E-state index contributed by atoms with van der Waals surface area (Å²) in [7, 11) is -1.62. The van der Waals surface area contributed by atoms with Crippen molar-refractivity contribution >= 4 is 38.9 Å². The molecule has 3 aromatic rings. The van der Waals surface area contributed by atoms with Crippen molar-refractivity contribution in [3.05, 3.63) is 119 Å². The fourth-order valence-corrected chi connectivity index (χ4v) is 10.9. The molecule has 0 saturated heterocycles. The number of ether oxygens (including phenoxy) is 3. The van der Waals surface area contributed by atoms with Gasteiger partial charge in [0.15, 0.2) is 0 Å². The number of amides is 1. The number of benzene rings is 3. The minimum absolute atomic E-state index is 0.0383. The third kappa shape index (κ3) is 8.96. The maximum Gasteiger partial charge on any atom is 0.320 e. The van der Waals surface area contributed by atoms with Crippen LogP contribution in [0.15, 0.2) is 96.4 Å². The van der Waals surface area contributed by atoms with E-state index in [1.54, 1.807) is 26.2 Å². The summed E-state index contributed by atoms with van der Waals surface area (Å²) in [6.07, 6.45) is 8.67. The summed E-state index contributed by atoms with van der Waals surface area (Å²) in [5.41, 5.74) is 4.14. The molecule has 3 aliphatic rings. The zero-order valence-corrected chi connectivity index (χ0v) is 33.3. The first kappa shape index (κ1) is 39.8. The van der Waals surface area contributed by atoms with Crippen LogP contribution in [0.2, 0.25) is 5.02 Å². The van der Waals surface area contributed by atoms with E-state index < -0.39 is 33.5 Å². The molecule has 1 fully saturated rings. The van der Waals surface area contributed by atoms with Crippen LogP contribution in [-0.2, 0) is 35.8 Å². The van der Waals surface area contributed by atoms with Crippen molar-refractivity contribution in [1.82, 2.24) is 0 Å². The monoisotopic (exact) mass is 772 g/mol. The van der Waals surface area contributed by atoms with E-state index in [9.17, 15) is 13.8 Å². The fraction of sp³-hybridized carbons (Fsp3) is 0.455. The Morgan fingerprint density at radius 3 is 2.61 bits per heavy atom. The minimum Gasteiger partial charge on any atom is -0.490 e. The number of hydrogen-bond acceptors (Lipinski definition) is 7. The first-order valence-electron chi connectivity index (χ1n) is 19.0. The lowest BCUT2D eigenvalue weighted by molar-refractivity contribution is -0.145. The lowest BCUT2D eigenvalue weighted by atomic mass is 9.68. The second-order valence-electron chi connectivity index (χ2n) is 15.4. The first-order valence-corrected chi connectivity index (χ1v) is 21.3. The number of carbonyl (C=O) groups is 2. The Bertz CT molecular complexity index is 1980. The Balaban J connectivity index is 1.33. The maximum absolute atomic E-state index is 14.5. The lowest BCUT2D eigenvalue weighted by Gasteiger charge is -2.46. The predicted octanol–water partition coefficient (Wildman–Crippen LogP) is 9.17. The number of fused-ring (bicyclic) bond motifs is 3. The van der Waals surface area contributed by atoms with Crippen LogP contribution in [0, 0.1) is 17.8 Å². The van der Waals surface area contributed by atoms with Crippen LogP contribution < -0.4 is 9.64 Å². The van der Waals surface area contributed by atoms with E-state index in [1.165, 1.54) is 11.1 Å². The van der Waals surface area contributed by atoms with Crippen LogP contribution in [0.4, 0.5) is 5.69 Å². The highest BCUT2D eigenvalue weighted by atomic mass is 35.5. The molecule has 288 valence electrons. The van der Waals surface area contributed by atoms with E-state index in [0.29, 0.717) is 37.2 Å². The summed E-state index contributed by atoms with van der Waals surface area (Å²) in [5.74, 6) is -0.484. The van der Waals surface area contributed by atoms with Gasteiger partial charge in [0.1, 0.15) is 17.6 Å². The SMILES string of the molecule is C=CC[C@H](C)C[S@@](=O)(CC(=O)O[C@@H](C)c1ccccc1)=NC(=O)c1ccc2c(c1)N(C[C@@H]1CC[C@H]1[C@H](C=C)OC)C[C@@]1(CCCc3cc(Cl)ccc31)CO2. The van der Waals surface area contributed by atoms with E-state index in [1.807, 2.05) is 61.5 Å².